The van der Waals surface area contributed by atoms with Gasteiger partial charge in [-0.25, -0.2) is 4.39 Å². The minimum Gasteiger partial charge on any atom is -0.412 e. The summed E-state index contributed by atoms with van der Waals surface area (Å²) in [6.07, 6.45) is 0.313. The third kappa shape index (κ3) is 3.57. The summed E-state index contributed by atoms with van der Waals surface area (Å²) in [6, 6.07) is 5.48. The smallest absolute Gasteiger partial charge is 0.199 e. The van der Waals surface area contributed by atoms with Gasteiger partial charge in [0.05, 0.1) is 0 Å². The van der Waals surface area contributed by atoms with Gasteiger partial charge < -0.3 is 5.48 Å². The molecule has 0 atom stereocenters. The minimum absolute atomic E-state index is 0. The second kappa shape index (κ2) is 5.16. The molecule has 2 N–H and O–H groups in total. The van der Waals surface area contributed by atoms with Gasteiger partial charge in [0.25, 0.3) is 0 Å². The molecule has 70 valence electrons. The van der Waals surface area contributed by atoms with Crippen molar-refractivity contribution in [2.24, 2.45) is 0 Å². The lowest BCUT2D eigenvalue weighted by Gasteiger charge is -1.94. The summed E-state index contributed by atoms with van der Waals surface area (Å²) in [7, 11) is 0. The van der Waals surface area contributed by atoms with Gasteiger partial charge in [-0.05, 0) is 17.7 Å². The van der Waals surface area contributed by atoms with Crippen LogP contribution in [0.1, 0.15) is 5.56 Å². The van der Waals surface area contributed by atoms with E-state index in [2.05, 4.69) is 0 Å². The van der Waals surface area contributed by atoms with Crippen LogP contribution in [0, 0.1) is 5.82 Å². The van der Waals surface area contributed by atoms with Gasteiger partial charge in [-0.1, -0.05) is 12.1 Å². The zero-order valence-electron chi connectivity index (χ0n) is 6.79. The molecule has 0 aromatic heterocycles. The van der Waals surface area contributed by atoms with Gasteiger partial charge in [-0.15, -0.1) is 0 Å². The van der Waals surface area contributed by atoms with Crippen LogP contribution in [-0.4, -0.2) is 17.5 Å². The molecule has 1 aromatic rings. The number of ketones is 1. The van der Waals surface area contributed by atoms with E-state index in [1.54, 1.807) is 0 Å². The van der Waals surface area contributed by atoms with Gasteiger partial charge in [0.2, 0.25) is 0 Å². The van der Waals surface area contributed by atoms with Crippen molar-refractivity contribution in [3.8, 4) is 0 Å². The van der Waals surface area contributed by atoms with E-state index in [4.69, 9.17) is 0 Å². The van der Waals surface area contributed by atoms with Gasteiger partial charge in [-0.3, -0.25) is 9.59 Å². The van der Waals surface area contributed by atoms with Crippen LogP contribution < -0.4 is 0 Å². The van der Waals surface area contributed by atoms with E-state index in [1.165, 1.54) is 24.3 Å². The summed E-state index contributed by atoms with van der Waals surface area (Å²) < 4.78 is 12.4. The van der Waals surface area contributed by atoms with Crippen molar-refractivity contribution in [1.82, 2.24) is 0 Å². The van der Waals surface area contributed by atoms with Crippen LogP contribution in [0.4, 0.5) is 4.39 Å². The number of hydrogen-bond acceptors (Lipinski definition) is 2. The molecular weight excluding hydrogens is 175 g/mol. The Hall–Kier alpha value is -1.55. The first-order chi connectivity index (χ1) is 5.72. The minimum atomic E-state index is -0.499. The molecule has 0 bridgehead atoms. The number of halogens is 1. The molecule has 0 amide bonds. The van der Waals surface area contributed by atoms with Crippen molar-refractivity contribution in [3.05, 3.63) is 35.6 Å². The maximum Gasteiger partial charge on any atom is 0.199 e. The van der Waals surface area contributed by atoms with Gasteiger partial charge in [0.1, 0.15) is 5.82 Å². The fourth-order valence-electron chi connectivity index (χ4n) is 0.845. The molecule has 0 saturated heterocycles. The Labute approximate surface area is 74.5 Å². The summed E-state index contributed by atoms with van der Waals surface area (Å²) in [5.74, 6) is -0.848. The Kier molecular flexibility index (Phi) is 4.54. The van der Waals surface area contributed by atoms with E-state index in [0.717, 1.165) is 0 Å². The molecule has 0 saturated carbocycles. The van der Waals surface area contributed by atoms with E-state index in [-0.39, 0.29) is 24.0 Å². The molecule has 3 nitrogen and oxygen atoms in total. The number of hydrogen-bond donors (Lipinski definition) is 0. The highest BCUT2D eigenvalue weighted by Gasteiger charge is 2.00. The maximum atomic E-state index is 12.4. The number of benzene rings is 1. The van der Waals surface area contributed by atoms with Crippen molar-refractivity contribution >= 4 is 12.1 Å². The standard InChI is InChI=1S/C9H7FO2.H2O/c10-8-3-1-7(2-4-8)5-9(12)6-11;/h1-4,6H,5H2;1H2. The van der Waals surface area contributed by atoms with Crippen molar-refractivity contribution in [1.29, 1.82) is 0 Å². The van der Waals surface area contributed by atoms with Gasteiger partial charge >= 0.3 is 0 Å². The number of Topliss-reactive ketones (excluding diaryl/α,β-unsaturated/α-hetero) is 1. The van der Waals surface area contributed by atoms with Crippen LogP contribution in [0.2, 0.25) is 0 Å². The average molecular weight is 184 g/mol. The third-order valence-corrected chi connectivity index (χ3v) is 1.42. The quantitative estimate of drug-likeness (QED) is 0.501. The topological polar surface area (TPSA) is 65.6 Å². The first-order valence-corrected chi connectivity index (χ1v) is 3.45. The molecule has 0 aliphatic heterocycles. The molecule has 0 heterocycles. The lowest BCUT2D eigenvalue weighted by molar-refractivity contribution is -0.129. The Morgan fingerprint density at radius 3 is 2.31 bits per heavy atom. The van der Waals surface area contributed by atoms with E-state index >= 15 is 0 Å². The van der Waals surface area contributed by atoms with Crippen LogP contribution in [0.3, 0.4) is 0 Å². The third-order valence-electron chi connectivity index (χ3n) is 1.42. The normalized spacial score (nSPS) is 8.69. The monoisotopic (exact) mass is 184 g/mol. The highest BCUT2D eigenvalue weighted by atomic mass is 19.1. The van der Waals surface area contributed by atoms with Crippen LogP contribution in [-0.2, 0) is 16.0 Å². The Bertz CT molecular complexity index is 292. The molecule has 0 unspecified atom stereocenters. The Morgan fingerprint density at radius 1 is 1.31 bits per heavy atom. The van der Waals surface area contributed by atoms with Crippen LogP contribution in [0.15, 0.2) is 24.3 Å². The molecule has 0 fully saturated rings. The van der Waals surface area contributed by atoms with Gasteiger partial charge in [-0.2, -0.15) is 0 Å². The molecule has 0 spiro atoms. The maximum absolute atomic E-state index is 12.4. The number of carbonyl (C=O) groups is 2. The number of carbonyl (C=O) groups excluding carboxylic acids is 2. The van der Waals surface area contributed by atoms with E-state index in [1.807, 2.05) is 0 Å². The number of rotatable bonds is 3. The number of aldehydes is 1. The Balaban J connectivity index is 0.00000144. The van der Waals surface area contributed by atoms with Crippen molar-refractivity contribution in [2.45, 2.75) is 6.42 Å². The fraction of sp³-hybridized carbons (Fsp3) is 0.111. The highest BCUT2D eigenvalue weighted by molar-refractivity contribution is 6.25. The predicted octanol–water partition coefficient (Wildman–Crippen LogP) is 0.312. The molecular formula is C9H9FO3. The summed E-state index contributed by atoms with van der Waals surface area (Å²) in [4.78, 5) is 20.6. The lowest BCUT2D eigenvalue weighted by Crippen LogP contribution is -2.02. The van der Waals surface area contributed by atoms with Gasteiger partial charge in [0.15, 0.2) is 12.1 Å². The van der Waals surface area contributed by atoms with Crippen molar-refractivity contribution in [2.75, 3.05) is 0 Å². The largest absolute Gasteiger partial charge is 0.412 e. The fourth-order valence-corrected chi connectivity index (χ4v) is 0.845. The summed E-state index contributed by atoms with van der Waals surface area (Å²) in [6.45, 7) is 0. The van der Waals surface area contributed by atoms with Crippen molar-refractivity contribution in [3.63, 3.8) is 0 Å². The molecule has 0 radical (unpaired) electrons. The molecule has 0 aliphatic carbocycles. The molecule has 0 aliphatic rings. The summed E-state index contributed by atoms with van der Waals surface area (Å²) >= 11 is 0. The Morgan fingerprint density at radius 2 is 1.85 bits per heavy atom. The molecule has 1 rings (SSSR count). The zero-order valence-corrected chi connectivity index (χ0v) is 6.79. The van der Waals surface area contributed by atoms with Crippen molar-refractivity contribution < 1.29 is 19.5 Å². The second-order valence-corrected chi connectivity index (χ2v) is 2.39. The van der Waals surface area contributed by atoms with E-state index < -0.39 is 5.78 Å². The predicted molar refractivity (Wildman–Crippen MR) is 44.8 cm³/mol. The van der Waals surface area contributed by atoms with Crippen LogP contribution >= 0.6 is 0 Å². The summed E-state index contributed by atoms with van der Waals surface area (Å²) in [5, 5.41) is 0. The molecule has 1 aromatic carbocycles. The van der Waals surface area contributed by atoms with Gasteiger partial charge in [0, 0.05) is 6.42 Å². The van der Waals surface area contributed by atoms with Crippen LogP contribution in [0.5, 0.6) is 0 Å². The molecule has 4 heteroatoms. The SMILES string of the molecule is O.O=CC(=O)Cc1ccc(F)cc1. The van der Waals surface area contributed by atoms with Crippen LogP contribution in [0.25, 0.3) is 0 Å². The summed E-state index contributed by atoms with van der Waals surface area (Å²) in [5.41, 5.74) is 0.647. The molecule has 13 heavy (non-hydrogen) atoms. The van der Waals surface area contributed by atoms with E-state index in [0.29, 0.717) is 5.56 Å². The second-order valence-electron chi connectivity index (χ2n) is 2.39. The zero-order chi connectivity index (χ0) is 8.97. The average Bonchev–Trinajstić information content (AvgIpc) is 2.09. The first-order valence-electron chi connectivity index (χ1n) is 3.45. The first kappa shape index (κ1) is 11.4. The highest BCUT2D eigenvalue weighted by Crippen LogP contribution is 2.03. The lowest BCUT2D eigenvalue weighted by atomic mass is 10.1. The van der Waals surface area contributed by atoms with E-state index in [9.17, 15) is 14.0 Å².